The Labute approximate surface area is 381 Å². The fraction of sp³-hybridized carbons (Fsp3) is 0.0909. The van der Waals surface area contributed by atoms with E-state index >= 15 is 0 Å². The standard InChI is InChI=1S/C55H31F9N4/c1-30-11-16-38(31(2)21-30)32-12-19-49-43(23-32)41-7-3-5-9-47(41)67(49)51-25-34(39-17-14-36(53(56,57)58)22-35(39)28-65)26-52(45(51)29-66)68-48-10-6-4-8-42(48)44-24-33(13-20-50(44)68)40-18-15-37(54(59,60)61)27-46(40)55(62,63)64/h3-27H,1-2H3. The lowest BCUT2D eigenvalue weighted by atomic mass is 9.95. The van der Waals surface area contributed by atoms with Crippen LogP contribution < -0.4 is 0 Å². The molecule has 0 radical (unpaired) electrons. The summed E-state index contributed by atoms with van der Waals surface area (Å²) < 4.78 is 130. The molecule has 4 nitrogen and oxygen atoms in total. The number of halogens is 9. The average Bonchev–Trinajstić information content (AvgIpc) is 3.82. The van der Waals surface area contributed by atoms with E-state index in [1.165, 1.54) is 24.3 Å². The molecule has 0 atom stereocenters. The molecule has 0 aliphatic carbocycles. The Hall–Kier alpha value is -8.29. The minimum atomic E-state index is -5.15. The Bertz CT molecular complexity index is 3820. The number of rotatable bonds is 5. The van der Waals surface area contributed by atoms with Crippen molar-refractivity contribution in [3.63, 3.8) is 0 Å². The van der Waals surface area contributed by atoms with Gasteiger partial charge in [-0.2, -0.15) is 50.0 Å². The van der Waals surface area contributed by atoms with Gasteiger partial charge >= 0.3 is 18.5 Å². The number of hydrogen-bond donors (Lipinski definition) is 0. The minimum absolute atomic E-state index is 0.0229. The van der Waals surface area contributed by atoms with E-state index in [4.69, 9.17) is 0 Å². The van der Waals surface area contributed by atoms with Crippen LogP contribution in [0.5, 0.6) is 0 Å². The summed E-state index contributed by atoms with van der Waals surface area (Å²) in [4.78, 5) is 0. The van der Waals surface area contributed by atoms with Gasteiger partial charge < -0.3 is 9.13 Å². The number of fused-ring (bicyclic) bond motifs is 6. The summed E-state index contributed by atoms with van der Waals surface area (Å²) in [7, 11) is 0. The molecule has 0 saturated heterocycles. The maximum Gasteiger partial charge on any atom is 0.417 e. The first kappa shape index (κ1) is 43.6. The first-order valence-electron chi connectivity index (χ1n) is 21.0. The van der Waals surface area contributed by atoms with Crippen molar-refractivity contribution in [2.45, 2.75) is 32.4 Å². The first-order valence-corrected chi connectivity index (χ1v) is 21.0. The molecule has 0 amide bonds. The normalized spacial score (nSPS) is 12.3. The summed E-state index contributed by atoms with van der Waals surface area (Å²) >= 11 is 0. The molecule has 8 aromatic carbocycles. The number of nitriles is 2. The number of alkyl halides is 9. The SMILES string of the molecule is Cc1ccc(-c2ccc3c(c2)c2ccccc2n3-c2cc(-c3ccc(C(F)(F)F)cc3C#N)cc(-n3c4ccccc4c4cc(-c5ccc(C(F)(F)F)cc5C(F)(F)F)ccc43)c2C#N)c(C)c1. The molecule has 0 bridgehead atoms. The topological polar surface area (TPSA) is 57.4 Å². The Morgan fingerprint density at radius 3 is 1.40 bits per heavy atom. The van der Waals surface area contributed by atoms with Gasteiger partial charge in [0.25, 0.3) is 0 Å². The Kier molecular flexibility index (Phi) is 10.0. The van der Waals surface area contributed by atoms with Gasteiger partial charge in [-0.3, -0.25) is 0 Å². The summed E-state index contributed by atoms with van der Waals surface area (Å²) in [6, 6.07) is 42.8. The largest absolute Gasteiger partial charge is 0.417 e. The number of aromatic nitrogens is 2. The third-order valence-corrected chi connectivity index (χ3v) is 12.5. The van der Waals surface area contributed by atoms with Crippen molar-refractivity contribution in [3.8, 4) is 56.9 Å². The van der Waals surface area contributed by atoms with Gasteiger partial charge in [-0.05, 0) is 126 Å². The van der Waals surface area contributed by atoms with E-state index in [1.807, 2.05) is 66.9 Å². The van der Waals surface area contributed by atoms with Gasteiger partial charge in [0.1, 0.15) is 11.6 Å². The lowest BCUT2D eigenvalue weighted by Crippen LogP contribution is -2.12. The van der Waals surface area contributed by atoms with Crippen LogP contribution in [-0.2, 0) is 18.5 Å². The third-order valence-electron chi connectivity index (χ3n) is 12.5. The highest BCUT2D eigenvalue weighted by Crippen LogP contribution is 2.45. The lowest BCUT2D eigenvalue weighted by Gasteiger charge is -2.19. The maximum atomic E-state index is 14.5. The molecule has 0 fully saturated rings. The van der Waals surface area contributed by atoms with Gasteiger partial charge in [-0.1, -0.05) is 84.4 Å². The molecular formula is C55H31F9N4. The average molecular weight is 919 g/mol. The molecule has 334 valence electrons. The lowest BCUT2D eigenvalue weighted by molar-refractivity contribution is -0.143. The Morgan fingerprint density at radius 1 is 0.412 bits per heavy atom. The molecule has 68 heavy (non-hydrogen) atoms. The van der Waals surface area contributed by atoms with Gasteiger partial charge in [0, 0.05) is 21.5 Å². The highest BCUT2D eigenvalue weighted by atomic mass is 19.4. The molecule has 0 aliphatic heterocycles. The molecule has 0 aliphatic rings. The molecule has 0 unspecified atom stereocenters. The summed E-state index contributed by atoms with van der Waals surface area (Å²) in [6.07, 6.45) is -14.9. The monoisotopic (exact) mass is 918 g/mol. The summed E-state index contributed by atoms with van der Waals surface area (Å²) in [5.41, 5.74) is 2.70. The van der Waals surface area contributed by atoms with Crippen LogP contribution in [0.1, 0.15) is 38.9 Å². The zero-order valence-electron chi connectivity index (χ0n) is 35.6. The molecule has 10 aromatic rings. The smallest absolute Gasteiger partial charge is 0.308 e. The molecule has 0 spiro atoms. The molecule has 0 saturated carbocycles. The number of benzene rings is 8. The highest BCUT2D eigenvalue weighted by molar-refractivity contribution is 6.12. The van der Waals surface area contributed by atoms with Crippen LogP contribution in [0.4, 0.5) is 39.5 Å². The van der Waals surface area contributed by atoms with E-state index in [2.05, 4.69) is 24.3 Å². The predicted octanol–water partition coefficient (Wildman–Crippen LogP) is 16.3. The van der Waals surface area contributed by atoms with Gasteiger partial charge in [0.05, 0.1) is 61.8 Å². The number of nitrogens with zero attached hydrogens (tertiary/aromatic N) is 4. The van der Waals surface area contributed by atoms with E-state index in [-0.39, 0.29) is 39.6 Å². The van der Waals surface area contributed by atoms with Crippen molar-refractivity contribution in [3.05, 3.63) is 191 Å². The van der Waals surface area contributed by atoms with Crippen molar-refractivity contribution in [2.75, 3.05) is 0 Å². The van der Waals surface area contributed by atoms with Gasteiger partial charge in [0.15, 0.2) is 0 Å². The second-order valence-corrected chi connectivity index (χ2v) is 16.6. The number of hydrogen-bond acceptors (Lipinski definition) is 2. The fourth-order valence-corrected chi connectivity index (χ4v) is 9.44. The molecular weight excluding hydrogens is 888 g/mol. The van der Waals surface area contributed by atoms with E-state index in [9.17, 15) is 50.0 Å². The molecule has 13 heteroatoms. The zero-order chi connectivity index (χ0) is 48.0. The van der Waals surface area contributed by atoms with Gasteiger partial charge in [-0.25, -0.2) is 0 Å². The van der Waals surface area contributed by atoms with Crippen molar-refractivity contribution in [1.82, 2.24) is 9.13 Å². The van der Waals surface area contributed by atoms with Crippen LogP contribution in [0.25, 0.3) is 88.4 Å². The zero-order valence-corrected chi connectivity index (χ0v) is 35.6. The highest BCUT2D eigenvalue weighted by Gasteiger charge is 2.39. The van der Waals surface area contributed by atoms with E-state index in [1.54, 1.807) is 41.0 Å². The second-order valence-electron chi connectivity index (χ2n) is 16.6. The van der Waals surface area contributed by atoms with Crippen molar-refractivity contribution in [2.24, 2.45) is 0 Å². The molecule has 2 heterocycles. The molecule has 0 N–H and O–H groups in total. The minimum Gasteiger partial charge on any atom is -0.308 e. The van der Waals surface area contributed by atoms with E-state index in [0.717, 1.165) is 51.2 Å². The summed E-state index contributed by atoms with van der Waals surface area (Å²) in [6.45, 7) is 4.04. The second kappa shape index (κ2) is 15.7. The van der Waals surface area contributed by atoms with Crippen molar-refractivity contribution in [1.29, 1.82) is 10.5 Å². The number of aryl methyl sites for hydroxylation is 2. The predicted molar refractivity (Wildman–Crippen MR) is 245 cm³/mol. The molecule has 2 aromatic heterocycles. The summed E-state index contributed by atoms with van der Waals surface area (Å²) in [5, 5.41) is 24.3. The fourth-order valence-electron chi connectivity index (χ4n) is 9.44. The van der Waals surface area contributed by atoms with Crippen molar-refractivity contribution >= 4 is 43.6 Å². The van der Waals surface area contributed by atoms with Crippen LogP contribution >= 0.6 is 0 Å². The van der Waals surface area contributed by atoms with Gasteiger partial charge in [0.2, 0.25) is 0 Å². The third kappa shape index (κ3) is 7.19. The molecule has 10 rings (SSSR count). The Morgan fingerprint density at radius 2 is 0.897 bits per heavy atom. The summed E-state index contributed by atoms with van der Waals surface area (Å²) in [5.74, 6) is 0. The van der Waals surface area contributed by atoms with Crippen LogP contribution in [0.3, 0.4) is 0 Å². The van der Waals surface area contributed by atoms with Crippen molar-refractivity contribution < 1.29 is 39.5 Å². The van der Waals surface area contributed by atoms with Crippen LogP contribution in [-0.4, -0.2) is 9.13 Å². The van der Waals surface area contributed by atoms with Gasteiger partial charge in [-0.15, -0.1) is 0 Å². The Balaban J connectivity index is 1.29. The first-order chi connectivity index (χ1) is 32.3. The van der Waals surface area contributed by atoms with Crippen LogP contribution in [0.2, 0.25) is 0 Å². The van der Waals surface area contributed by atoms with Crippen LogP contribution in [0, 0.1) is 36.5 Å². The van der Waals surface area contributed by atoms with Crippen LogP contribution in [0.15, 0.2) is 152 Å². The number of para-hydroxylation sites is 2. The van der Waals surface area contributed by atoms with E-state index in [0.29, 0.717) is 44.6 Å². The quantitative estimate of drug-likeness (QED) is 0.162. The maximum absolute atomic E-state index is 14.5. The van der Waals surface area contributed by atoms with E-state index < -0.39 is 40.8 Å².